The second kappa shape index (κ2) is 7.61. The smallest absolute Gasteiger partial charge is 0.272 e. The van der Waals surface area contributed by atoms with E-state index in [0.717, 1.165) is 18.4 Å². The summed E-state index contributed by atoms with van der Waals surface area (Å²) in [5.74, 6) is 0.0709. The summed E-state index contributed by atoms with van der Waals surface area (Å²) in [6.07, 6.45) is 1.70. The van der Waals surface area contributed by atoms with Crippen molar-refractivity contribution in [3.63, 3.8) is 0 Å². The normalized spacial score (nSPS) is 16.9. The number of aromatic nitrogens is 1. The quantitative estimate of drug-likeness (QED) is 0.876. The molecule has 132 valence electrons. The van der Waals surface area contributed by atoms with Crippen LogP contribution in [0.15, 0.2) is 36.4 Å². The Hall–Kier alpha value is -2.47. The molecule has 0 radical (unpaired) electrons. The third-order valence-electron chi connectivity index (χ3n) is 4.48. The molecule has 1 aliphatic heterocycles. The van der Waals surface area contributed by atoms with Gasteiger partial charge in [0.25, 0.3) is 5.91 Å². The molecule has 3 rings (SSSR count). The Morgan fingerprint density at radius 3 is 3.04 bits per heavy atom. The van der Waals surface area contributed by atoms with Crippen LogP contribution in [-0.2, 0) is 6.54 Å². The molecule has 1 fully saturated rings. The van der Waals surface area contributed by atoms with Crippen LogP contribution in [-0.4, -0.2) is 40.1 Å². The average Bonchev–Trinajstić information content (AvgIpc) is 3.11. The van der Waals surface area contributed by atoms with Crippen molar-refractivity contribution in [3.05, 3.63) is 59.0 Å². The molecule has 0 saturated carbocycles. The number of carbonyl (C=O) groups is 1. The number of aliphatic hydroxyl groups is 1. The van der Waals surface area contributed by atoms with E-state index in [9.17, 15) is 14.3 Å². The van der Waals surface area contributed by atoms with Crippen LogP contribution in [0, 0.1) is 12.7 Å². The van der Waals surface area contributed by atoms with E-state index in [4.69, 9.17) is 0 Å². The number of nitrogens with one attached hydrogen (secondary N) is 1. The summed E-state index contributed by atoms with van der Waals surface area (Å²) >= 11 is 0. The average molecular weight is 343 g/mol. The Balaban J connectivity index is 1.71. The van der Waals surface area contributed by atoms with Gasteiger partial charge in [-0.3, -0.25) is 4.79 Å². The molecule has 6 heteroatoms. The summed E-state index contributed by atoms with van der Waals surface area (Å²) in [4.78, 5) is 18.6. The van der Waals surface area contributed by atoms with Gasteiger partial charge in [-0.2, -0.15) is 0 Å². The number of halogens is 1. The minimum absolute atomic E-state index is 0.0314. The summed E-state index contributed by atoms with van der Waals surface area (Å²) in [6, 6.07) is 9.98. The Bertz CT molecular complexity index is 766. The lowest BCUT2D eigenvalue weighted by Gasteiger charge is -2.22. The van der Waals surface area contributed by atoms with E-state index in [1.807, 2.05) is 6.92 Å². The number of aryl methyl sites for hydroxylation is 1. The van der Waals surface area contributed by atoms with Crippen molar-refractivity contribution in [1.29, 1.82) is 0 Å². The van der Waals surface area contributed by atoms with Crippen LogP contribution in [0.2, 0.25) is 0 Å². The van der Waals surface area contributed by atoms with Crippen molar-refractivity contribution in [2.75, 3.05) is 18.5 Å². The first-order valence-corrected chi connectivity index (χ1v) is 8.46. The van der Waals surface area contributed by atoms with E-state index in [1.54, 1.807) is 35.2 Å². The number of nitrogens with zero attached hydrogens (tertiary/aromatic N) is 2. The number of pyridine rings is 1. The fourth-order valence-corrected chi connectivity index (χ4v) is 3.12. The molecule has 5 nitrogen and oxygen atoms in total. The lowest BCUT2D eigenvalue weighted by Crippen LogP contribution is -2.38. The summed E-state index contributed by atoms with van der Waals surface area (Å²) in [5.41, 5.74) is 1.87. The predicted octanol–water partition coefficient (Wildman–Crippen LogP) is 2.74. The second-order valence-corrected chi connectivity index (χ2v) is 6.33. The minimum atomic E-state index is -0.270. The topological polar surface area (TPSA) is 65.5 Å². The zero-order valence-corrected chi connectivity index (χ0v) is 14.2. The third-order valence-corrected chi connectivity index (χ3v) is 4.48. The van der Waals surface area contributed by atoms with Gasteiger partial charge in [-0.25, -0.2) is 9.37 Å². The third kappa shape index (κ3) is 3.96. The van der Waals surface area contributed by atoms with Gasteiger partial charge < -0.3 is 15.3 Å². The maximum atomic E-state index is 13.8. The number of rotatable bonds is 5. The van der Waals surface area contributed by atoms with E-state index in [1.165, 1.54) is 6.07 Å². The highest BCUT2D eigenvalue weighted by Gasteiger charge is 2.29. The highest BCUT2D eigenvalue weighted by atomic mass is 19.1. The summed E-state index contributed by atoms with van der Waals surface area (Å²) in [7, 11) is 0. The van der Waals surface area contributed by atoms with Gasteiger partial charge in [0.15, 0.2) is 0 Å². The molecule has 0 spiro atoms. The van der Waals surface area contributed by atoms with Crippen molar-refractivity contribution in [2.24, 2.45) is 0 Å². The molecule has 0 bridgehead atoms. The van der Waals surface area contributed by atoms with E-state index < -0.39 is 0 Å². The first-order valence-electron chi connectivity index (χ1n) is 8.46. The van der Waals surface area contributed by atoms with E-state index >= 15 is 0 Å². The number of likely N-dealkylation sites (tertiary alicyclic amines) is 1. The van der Waals surface area contributed by atoms with Crippen molar-refractivity contribution >= 4 is 11.7 Å². The molecule has 1 aromatic heterocycles. The van der Waals surface area contributed by atoms with E-state index in [0.29, 0.717) is 30.2 Å². The number of benzene rings is 1. The van der Waals surface area contributed by atoms with Gasteiger partial charge in [0.05, 0.1) is 12.6 Å². The lowest BCUT2D eigenvalue weighted by atomic mass is 10.1. The molecular weight excluding hydrogens is 321 g/mol. The number of hydrogen-bond donors (Lipinski definition) is 2. The first kappa shape index (κ1) is 17.4. The lowest BCUT2D eigenvalue weighted by molar-refractivity contribution is 0.0672. The maximum Gasteiger partial charge on any atom is 0.272 e. The molecule has 1 aliphatic rings. The summed E-state index contributed by atoms with van der Waals surface area (Å²) < 4.78 is 13.8. The predicted molar refractivity (Wildman–Crippen MR) is 93.8 cm³/mol. The molecule has 1 amide bonds. The first-order chi connectivity index (χ1) is 12.1. The molecule has 2 heterocycles. The summed E-state index contributed by atoms with van der Waals surface area (Å²) in [5, 5.41) is 12.5. The molecule has 2 N–H and O–H groups in total. The standard InChI is InChI=1S/C19H22FN3O2/c1-13-7-8-16(20)14(10-13)11-21-18-6-2-5-17(22-18)19(25)23-9-3-4-15(23)12-24/h2,5-8,10,15,24H,3-4,9,11-12H2,1H3,(H,21,22)/t15-/m1/s1. The fraction of sp³-hybridized carbons (Fsp3) is 0.368. The van der Waals surface area contributed by atoms with Crippen molar-refractivity contribution in [3.8, 4) is 0 Å². The van der Waals surface area contributed by atoms with Crippen LogP contribution in [0.3, 0.4) is 0 Å². The zero-order valence-electron chi connectivity index (χ0n) is 14.2. The SMILES string of the molecule is Cc1ccc(F)c(CNc2cccc(C(=O)N3CCC[C@@H]3CO)n2)c1. The Labute approximate surface area is 146 Å². The van der Waals surface area contributed by atoms with Crippen LogP contribution < -0.4 is 5.32 Å². The van der Waals surface area contributed by atoms with Crippen LogP contribution in [0.25, 0.3) is 0 Å². The number of hydrogen-bond acceptors (Lipinski definition) is 4. The van der Waals surface area contributed by atoms with Crippen LogP contribution in [0.5, 0.6) is 0 Å². The maximum absolute atomic E-state index is 13.8. The molecule has 1 saturated heterocycles. The zero-order chi connectivity index (χ0) is 17.8. The Morgan fingerprint density at radius 2 is 2.24 bits per heavy atom. The number of aliphatic hydroxyl groups excluding tert-OH is 1. The largest absolute Gasteiger partial charge is 0.394 e. The van der Waals surface area contributed by atoms with Crippen LogP contribution in [0.4, 0.5) is 10.2 Å². The van der Waals surface area contributed by atoms with Crippen molar-refractivity contribution in [2.45, 2.75) is 32.4 Å². The monoisotopic (exact) mass is 343 g/mol. The molecule has 1 aromatic carbocycles. The van der Waals surface area contributed by atoms with Gasteiger partial charge >= 0.3 is 0 Å². The molecule has 0 unspecified atom stereocenters. The summed E-state index contributed by atoms with van der Waals surface area (Å²) in [6.45, 7) is 2.81. The van der Waals surface area contributed by atoms with Crippen LogP contribution in [0.1, 0.15) is 34.5 Å². The van der Waals surface area contributed by atoms with Gasteiger partial charge in [-0.15, -0.1) is 0 Å². The Kier molecular flexibility index (Phi) is 5.28. The molecule has 25 heavy (non-hydrogen) atoms. The highest BCUT2D eigenvalue weighted by Crippen LogP contribution is 2.20. The number of amides is 1. The van der Waals surface area contributed by atoms with Crippen molar-refractivity contribution < 1.29 is 14.3 Å². The highest BCUT2D eigenvalue weighted by molar-refractivity contribution is 5.93. The fourth-order valence-electron chi connectivity index (χ4n) is 3.12. The number of carbonyl (C=O) groups excluding carboxylic acids is 1. The van der Waals surface area contributed by atoms with Gasteiger partial charge in [0.2, 0.25) is 0 Å². The molecule has 2 aromatic rings. The Morgan fingerprint density at radius 1 is 1.40 bits per heavy atom. The van der Waals surface area contributed by atoms with Crippen LogP contribution >= 0.6 is 0 Å². The van der Waals surface area contributed by atoms with E-state index in [-0.39, 0.29) is 24.4 Å². The van der Waals surface area contributed by atoms with Gasteiger partial charge in [0, 0.05) is 18.7 Å². The van der Waals surface area contributed by atoms with Gasteiger partial charge in [-0.1, -0.05) is 23.8 Å². The second-order valence-electron chi connectivity index (χ2n) is 6.33. The molecule has 1 atom stereocenters. The minimum Gasteiger partial charge on any atom is -0.394 e. The molecular formula is C19H22FN3O2. The van der Waals surface area contributed by atoms with Gasteiger partial charge in [0.1, 0.15) is 17.3 Å². The van der Waals surface area contributed by atoms with Crippen molar-refractivity contribution in [1.82, 2.24) is 9.88 Å². The van der Waals surface area contributed by atoms with E-state index in [2.05, 4.69) is 10.3 Å². The van der Waals surface area contributed by atoms with Gasteiger partial charge in [-0.05, 0) is 38.0 Å². The molecule has 0 aliphatic carbocycles. The number of anilines is 1.